The quantitative estimate of drug-likeness (QED) is 0.501. The highest BCUT2D eigenvalue weighted by atomic mass is 16.5. The summed E-state index contributed by atoms with van der Waals surface area (Å²) in [6.07, 6.45) is 1.42. The fourth-order valence-electron chi connectivity index (χ4n) is 1.79. The second-order valence-electron chi connectivity index (χ2n) is 4.22. The number of nitrogens with zero attached hydrogens (tertiary/aromatic N) is 2. The second kappa shape index (κ2) is 5.95. The zero-order chi connectivity index (χ0) is 15.4. The topological polar surface area (TPSA) is 118 Å². The Kier molecular flexibility index (Phi) is 4.07. The standard InChI is InChI=1S/C13H16N6O2/c1-19-12(8(7-16-19)11(14)15)18-13(20)17-9-5-3-4-6-10(9)21-2/h3-7H,1-2H3,(H3,14,15)(H2,17,18,20). The molecule has 0 saturated heterocycles. The predicted molar refractivity (Wildman–Crippen MR) is 79.9 cm³/mol. The number of benzene rings is 1. The van der Waals surface area contributed by atoms with Crippen molar-refractivity contribution in [3.63, 3.8) is 0 Å². The third-order valence-electron chi connectivity index (χ3n) is 2.82. The van der Waals surface area contributed by atoms with Crippen molar-refractivity contribution in [3.05, 3.63) is 36.0 Å². The maximum Gasteiger partial charge on any atom is 0.324 e. The van der Waals surface area contributed by atoms with E-state index in [2.05, 4.69) is 15.7 Å². The van der Waals surface area contributed by atoms with Crippen molar-refractivity contribution in [1.29, 1.82) is 5.41 Å². The molecule has 5 N–H and O–H groups in total. The highest BCUT2D eigenvalue weighted by molar-refractivity contribution is 6.06. The number of amides is 2. The van der Waals surface area contributed by atoms with E-state index in [1.165, 1.54) is 18.0 Å². The number of anilines is 2. The Morgan fingerprint density at radius 1 is 1.38 bits per heavy atom. The van der Waals surface area contributed by atoms with E-state index in [4.69, 9.17) is 15.9 Å². The summed E-state index contributed by atoms with van der Waals surface area (Å²) in [5.74, 6) is 0.718. The number of aromatic nitrogens is 2. The first kappa shape index (κ1) is 14.4. The minimum absolute atomic E-state index is 0.171. The maximum atomic E-state index is 12.0. The lowest BCUT2D eigenvalue weighted by molar-refractivity contribution is 0.262. The van der Waals surface area contributed by atoms with Crippen molar-refractivity contribution in [2.45, 2.75) is 0 Å². The van der Waals surface area contributed by atoms with E-state index in [0.29, 0.717) is 22.8 Å². The van der Waals surface area contributed by atoms with Gasteiger partial charge in [0.15, 0.2) is 0 Å². The van der Waals surface area contributed by atoms with Crippen LogP contribution in [0.1, 0.15) is 5.56 Å². The van der Waals surface area contributed by atoms with Crippen LogP contribution in [0.2, 0.25) is 0 Å². The van der Waals surface area contributed by atoms with Gasteiger partial charge in [0.2, 0.25) is 0 Å². The van der Waals surface area contributed by atoms with Crippen molar-refractivity contribution in [3.8, 4) is 5.75 Å². The largest absolute Gasteiger partial charge is 0.495 e. The molecule has 1 aromatic carbocycles. The number of carbonyl (C=O) groups is 1. The van der Waals surface area contributed by atoms with Crippen LogP contribution in [-0.2, 0) is 7.05 Å². The molecular weight excluding hydrogens is 272 g/mol. The van der Waals surface area contributed by atoms with Crippen molar-refractivity contribution < 1.29 is 9.53 Å². The van der Waals surface area contributed by atoms with Crippen molar-refractivity contribution >= 4 is 23.4 Å². The number of nitrogen functional groups attached to an aromatic ring is 1. The smallest absolute Gasteiger partial charge is 0.324 e. The number of nitrogens with two attached hydrogens (primary N) is 1. The number of aryl methyl sites for hydroxylation is 1. The number of para-hydroxylation sites is 2. The van der Waals surface area contributed by atoms with E-state index in [-0.39, 0.29) is 5.84 Å². The van der Waals surface area contributed by atoms with E-state index in [9.17, 15) is 4.79 Å². The van der Waals surface area contributed by atoms with E-state index < -0.39 is 6.03 Å². The number of ether oxygens (including phenoxy) is 1. The Labute approximate surface area is 121 Å². The number of hydrogen-bond acceptors (Lipinski definition) is 4. The van der Waals surface area contributed by atoms with Crippen LogP contribution >= 0.6 is 0 Å². The van der Waals surface area contributed by atoms with Crippen LogP contribution in [0.25, 0.3) is 0 Å². The van der Waals surface area contributed by atoms with Crippen LogP contribution in [0.15, 0.2) is 30.5 Å². The van der Waals surface area contributed by atoms with Crippen LogP contribution in [0.5, 0.6) is 5.75 Å². The summed E-state index contributed by atoms with van der Waals surface area (Å²) in [4.78, 5) is 12.0. The SMILES string of the molecule is COc1ccccc1NC(=O)Nc1c(C(=N)N)cnn1C. The average Bonchev–Trinajstić information content (AvgIpc) is 2.81. The zero-order valence-electron chi connectivity index (χ0n) is 11.7. The summed E-state index contributed by atoms with van der Waals surface area (Å²) in [5, 5.41) is 16.7. The monoisotopic (exact) mass is 288 g/mol. The fourth-order valence-corrected chi connectivity index (χ4v) is 1.79. The lowest BCUT2D eigenvalue weighted by Crippen LogP contribution is -2.23. The molecule has 110 valence electrons. The number of rotatable bonds is 4. The molecule has 2 rings (SSSR count). The van der Waals surface area contributed by atoms with Gasteiger partial charge < -0.3 is 15.8 Å². The lowest BCUT2D eigenvalue weighted by Gasteiger charge is -2.11. The summed E-state index contributed by atoms with van der Waals surface area (Å²) in [7, 11) is 3.17. The molecule has 0 radical (unpaired) electrons. The zero-order valence-corrected chi connectivity index (χ0v) is 11.7. The van der Waals surface area contributed by atoms with Crippen molar-refractivity contribution in [2.24, 2.45) is 12.8 Å². The van der Waals surface area contributed by atoms with Gasteiger partial charge in [0, 0.05) is 7.05 Å². The summed E-state index contributed by atoms with van der Waals surface area (Å²) in [6.45, 7) is 0. The van der Waals surface area contributed by atoms with Crippen LogP contribution < -0.4 is 21.1 Å². The molecule has 2 aromatic rings. The van der Waals surface area contributed by atoms with Crippen LogP contribution in [0.4, 0.5) is 16.3 Å². The summed E-state index contributed by atoms with van der Waals surface area (Å²) in [6, 6.07) is 6.56. The molecule has 0 aliphatic carbocycles. The summed E-state index contributed by atoms with van der Waals surface area (Å²) < 4.78 is 6.58. The first-order valence-corrected chi connectivity index (χ1v) is 6.10. The fraction of sp³-hybridized carbons (Fsp3) is 0.154. The first-order valence-electron chi connectivity index (χ1n) is 6.10. The molecule has 8 heteroatoms. The van der Waals surface area contributed by atoms with Crippen LogP contribution in [-0.4, -0.2) is 28.8 Å². The van der Waals surface area contributed by atoms with Gasteiger partial charge in [0.25, 0.3) is 0 Å². The highest BCUT2D eigenvalue weighted by Gasteiger charge is 2.14. The molecular formula is C13H16N6O2. The molecule has 0 fully saturated rings. The highest BCUT2D eigenvalue weighted by Crippen LogP contribution is 2.23. The van der Waals surface area contributed by atoms with Gasteiger partial charge in [-0.2, -0.15) is 5.10 Å². The molecule has 0 atom stereocenters. The van der Waals surface area contributed by atoms with Gasteiger partial charge in [0.05, 0.1) is 24.6 Å². The van der Waals surface area contributed by atoms with E-state index in [1.54, 1.807) is 31.3 Å². The van der Waals surface area contributed by atoms with Gasteiger partial charge in [0.1, 0.15) is 17.4 Å². The third-order valence-corrected chi connectivity index (χ3v) is 2.82. The Morgan fingerprint density at radius 3 is 2.76 bits per heavy atom. The molecule has 0 saturated carbocycles. The number of amidine groups is 1. The van der Waals surface area contributed by atoms with E-state index >= 15 is 0 Å². The van der Waals surface area contributed by atoms with Gasteiger partial charge in [-0.25, -0.2) is 4.79 Å². The maximum absolute atomic E-state index is 12.0. The Balaban J connectivity index is 2.16. The van der Waals surface area contributed by atoms with Crippen molar-refractivity contribution in [2.75, 3.05) is 17.7 Å². The number of hydrogen-bond donors (Lipinski definition) is 4. The Hall–Kier alpha value is -3.03. The Morgan fingerprint density at radius 2 is 2.10 bits per heavy atom. The second-order valence-corrected chi connectivity index (χ2v) is 4.22. The van der Waals surface area contributed by atoms with Gasteiger partial charge in [-0.15, -0.1) is 0 Å². The van der Waals surface area contributed by atoms with Crippen LogP contribution in [0, 0.1) is 5.41 Å². The molecule has 1 heterocycles. The molecule has 0 bridgehead atoms. The minimum atomic E-state index is -0.481. The molecule has 0 aliphatic heterocycles. The number of carbonyl (C=O) groups excluding carboxylic acids is 1. The molecule has 2 amide bonds. The third kappa shape index (κ3) is 3.11. The summed E-state index contributed by atoms with van der Waals surface area (Å²) in [5.41, 5.74) is 6.33. The molecule has 21 heavy (non-hydrogen) atoms. The number of urea groups is 1. The molecule has 0 aliphatic rings. The van der Waals surface area contributed by atoms with E-state index in [1.807, 2.05) is 0 Å². The predicted octanol–water partition coefficient (Wildman–Crippen LogP) is 1.36. The molecule has 1 aromatic heterocycles. The van der Waals surface area contributed by atoms with Crippen molar-refractivity contribution in [1.82, 2.24) is 9.78 Å². The average molecular weight is 288 g/mol. The normalized spacial score (nSPS) is 10.0. The van der Waals surface area contributed by atoms with Gasteiger partial charge in [-0.05, 0) is 12.1 Å². The van der Waals surface area contributed by atoms with Gasteiger partial charge >= 0.3 is 6.03 Å². The van der Waals surface area contributed by atoms with Crippen LogP contribution in [0.3, 0.4) is 0 Å². The molecule has 0 unspecified atom stereocenters. The lowest BCUT2D eigenvalue weighted by atomic mass is 10.3. The Bertz CT molecular complexity index is 679. The van der Waals surface area contributed by atoms with Gasteiger partial charge in [-0.3, -0.25) is 15.4 Å². The summed E-state index contributed by atoms with van der Waals surface area (Å²) >= 11 is 0. The first-order chi connectivity index (χ1) is 10.0. The number of methoxy groups -OCH3 is 1. The number of nitrogens with one attached hydrogen (secondary N) is 3. The molecule has 0 spiro atoms. The van der Waals surface area contributed by atoms with E-state index in [0.717, 1.165) is 0 Å². The minimum Gasteiger partial charge on any atom is -0.495 e. The molecule has 8 nitrogen and oxygen atoms in total. The van der Waals surface area contributed by atoms with Gasteiger partial charge in [-0.1, -0.05) is 12.1 Å².